The number of halogens is 12. The van der Waals surface area contributed by atoms with Crippen LogP contribution in [0.15, 0.2) is 71.2 Å². The lowest BCUT2D eigenvalue weighted by Crippen LogP contribution is -2.50. The molecule has 0 aliphatic carbocycles. The number of anilines is 1. The Labute approximate surface area is 227 Å². The van der Waals surface area contributed by atoms with Crippen molar-refractivity contribution < 1.29 is 58.1 Å². The molecule has 3 rings (SSSR count). The Hall–Kier alpha value is -3.07. The van der Waals surface area contributed by atoms with Crippen molar-refractivity contribution in [3.05, 3.63) is 88.1 Å². The fourth-order valence-electron chi connectivity index (χ4n) is 3.44. The Kier molecular flexibility index (Phi) is 8.99. The van der Waals surface area contributed by atoms with Gasteiger partial charge in [-0.15, -0.1) is 0 Å². The zero-order valence-electron chi connectivity index (χ0n) is 19.7. The molecule has 40 heavy (non-hydrogen) atoms. The van der Waals surface area contributed by atoms with Crippen molar-refractivity contribution in [2.45, 2.75) is 36.8 Å². The molecule has 218 valence electrons. The molecule has 1 unspecified atom stereocenters. The van der Waals surface area contributed by atoms with Gasteiger partial charge in [0.1, 0.15) is 5.75 Å². The van der Waals surface area contributed by atoms with Gasteiger partial charge in [-0.25, -0.2) is 4.39 Å². The van der Waals surface area contributed by atoms with E-state index < -0.39 is 54.8 Å². The zero-order valence-corrected chi connectivity index (χ0v) is 21.3. The highest BCUT2D eigenvalue weighted by atomic mass is 79.9. The Morgan fingerprint density at radius 1 is 0.825 bits per heavy atom. The minimum atomic E-state index is -6.59. The molecule has 0 saturated heterocycles. The number of aliphatic hydroxyl groups excluding tert-OH is 1. The third kappa shape index (κ3) is 6.97. The fraction of sp³-hybridized carbons (Fsp3) is 0.280. The number of alkyl halides is 10. The molecule has 1 N–H and O–H groups in total. The van der Waals surface area contributed by atoms with Crippen LogP contribution in [0.1, 0.15) is 11.1 Å². The lowest BCUT2D eigenvalue weighted by molar-refractivity contribution is -0.359. The van der Waals surface area contributed by atoms with Crippen molar-refractivity contribution in [1.29, 1.82) is 0 Å². The average molecular weight is 652 g/mol. The Morgan fingerprint density at radius 3 is 2.10 bits per heavy atom. The van der Waals surface area contributed by atoms with E-state index in [0.29, 0.717) is 16.6 Å². The van der Waals surface area contributed by atoms with Crippen LogP contribution in [0.5, 0.6) is 11.5 Å². The predicted octanol–water partition coefficient (Wildman–Crippen LogP) is 8.60. The van der Waals surface area contributed by atoms with Crippen molar-refractivity contribution in [3.63, 3.8) is 0 Å². The second kappa shape index (κ2) is 11.4. The van der Waals surface area contributed by atoms with Gasteiger partial charge in [0.05, 0.1) is 6.54 Å². The molecule has 3 aromatic carbocycles. The van der Waals surface area contributed by atoms with Crippen LogP contribution in [0.3, 0.4) is 0 Å². The van der Waals surface area contributed by atoms with Crippen LogP contribution in [-0.4, -0.2) is 36.0 Å². The van der Waals surface area contributed by atoms with Crippen LogP contribution in [-0.2, 0) is 12.5 Å². The van der Waals surface area contributed by atoms with Crippen LogP contribution in [0.25, 0.3) is 0 Å². The number of ether oxygens (including phenoxy) is 1. The molecule has 0 heterocycles. The molecule has 0 aliphatic rings. The Bertz CT molecular complexity index is 1330. The van der Waals surface area contributed by atoms with Gasteiger partial charge in [-0.1, -0.05) is 40.2 Å². The SMILES string of the molecule is OC(CN(Cc1cccc(C(F)(F)C(F)(F)C(F)(F)F)c1)c1cccc(Oc2cc(Br)ccc2F)c1)C(F)(F)F. The van der Waals surface area contributed by atoms with Gasteiger partial charge in [0, 0.05) is 28.3 Å². The van der Waals surface area contributed by atoms with Crippen LogP contribution >= 0.6 is 15.9 Å². The summed E-state index contributed by atoms with van der Waals surface area (Å²) in [4.78, 5) is 0.807. The van der Waals surface area contributed by atoms with Crippen LogP contribution in [0, 0.1) is 5.82 Å². The number of aliphatic hydroxyl groups is 1. The van der Waals surface area contributed by atoms with Crippen molar-refractivity contribution in [1.82, 2.24) is 0 Å². The van der Waals surface area contributed by atoms with E-state index in [1.165, 1.54) is 30.3 Å². The van der Waals surface area contributed by atoms with Gasteiger partial charge in [0.15, 0.2) is 17.7 Å². The van der Waals surface area contributed by atoms with Crippen molar-refractivity contribution >= 4 is 21.6 Å². The standard InChI is InChI=1S/C25H17BrF11NO2/c26-16-7-8-19(27)20(10-16)40-18-6-2-5-17(11-18)38(13-21(39)23(30,31)32)12-14-3-1-4-15(9-14)22(28,29)24(33,34)25(35,36)37/h1-11,21,39H,12-13H2. The molecule has 0 fully saturated rings. The number of hydrogen-bond donors (Lipinski definition) is 1. The van der Waals surface area contributed by atoms with E-state index in [0.717, 1.165) is 29.2 Å². The number of nitrogens with zero attached hydrogens (tertiary/aromatic N) is 1. The minimum absolute atomic E-state index is 0.0916. The summed E-state index contributed by atoms with van der Waals surface area (Å²) in [7, 11) is 0. The van der Waals surface area contributed by atoms with Crippen molar-refractivity contribution in [2.75, 3.05) is 11.4 Å². The second-order valence-electron chi connectivity index (χ2n) is 8.46. The highest BCUT2D eigenvalue weighted by molar-refractivity contribution is 9.10. The van der Waals surface area contributed by atoms with Crippen LogP contribution < -0.4 is 9.64 Å². The summed E-state index contributed by atoms with van der Waals surface area (Å²) in [6.45, 7) is -1.94. The van der Waals surface area contributed by atoms with Crippen molar-refractivity contribution in [2.24, 2.45) is 0 Å². The van der Waals surface area contributed by atoms with E-state index in [1.54, 1.807) is 0 Å². The highest BCUT2D eigenvalue weighted by Crippen LogP contribution is 2.51. The van der Waals surface area contributed by atoms with Crippen LogP contribution in [0.2, 0.25) is 0 Å². The van der Waals surface area contributed by atoms with E-state index >= 15 is 0 Å². The lowest BCUT2D eigenvalue weighted by atomic mass is 9.99. The summed E-state index contributed by atoms with van der Waals surface area (Å²) >= 11 is 3.12. The quantitative estimate of drug-likeness (QED) is 0.235. The zero-order chi connectivity index (χ0) is 30.1. The maximum absolute atomic E-state index is 14.2. The molecule has 3 aromatic rings. The third-order valence-electron chi connectivity index (χ3n) is 5.49. The first-order valence-corrected chi connectivity index (χ1v) is 11.8. The first kappa shape index (κ1) is 31.5. The highest BCUT2D eigenvalue weighted by Gasteiger charge is 2.73. The molecule has 15 heteroatoms. The summed E-state index contributed by atoms with van der Waals surface area (Å²) in [6, 6.07) is 11.0. The van der Waals surface area contributed by atoms with Crippen molar-refractivity contribution in [3.8, 4) is 11.5 Å². The van der Waals surface area contributed by atoms with Gasteiger partial charge in [0.2, 0.25) is 0 Å². The Morgan fingerprint density at radius 2 is 1.48 bits per heavy atom. The summed E-state index contributed by atoms with van der Waals surface area (Å²) in [5.41, 5.74) is -2.23. The average Bonchev–Trinajstić information content (AvgIpc) is 2.85. The molecule has 0 amide bonds. The fourth-order valence-corrected chi connectivity index (χ4v) is 3.78. The first-order chi connectivity index (χ1) is 18.3. The van der Waals surface area contributed by atoms with Gasteiger partial charge in [-0.05, 0) is 42.0 Å². The monoisotopic (exact) mass is 651 g/mol. The largest absolute Gasteiger partial charge is 0.460 e. The van der Waals surface area contributed by atoms with Gasteiger partial charge >= 0.3 is 24.2 Å². The minimum Gasteiger partial charge on any atom is -0.454 e. The van der Waals surface area contributed by atoms with Gasteiger partial charge in [-0.3, -0.25) is 0 Å². The molecule has 0 radical (unpaired) electrons. The maximum atomic E-state index is 14.2. The van der Waals surface area contributed by atoms with E-state index in [4.69, 9.17) is 4.74 Å². The molecule has 0 saturated carbocycles. The van der Waals surface area contributed by atoms with E-state index in [2.05, 4.69) is 15.9 Å². The molecule has 0 spiro atoms. The molecule has 1 atom stereocenters. The Balaban J connectivity index is 1.98. The second-order valence-corrected chi connectivity index (χ2v) is 9.37. The third-order valence-corrected chi connectivity index (χ3v) is 5.98. The molecule has 0 aromatic heterocycles. The van der Waals surface area contributed by atoms with Gasteiger partial charge in [0.25, 0.3) is 0 Å². The van der Waals surface area contributed by atoms with E-state index in [1.807, 2.05) is 0 Å². The molecule has 3 nitrogen and oxygen atoms in total. The van der Waals surface area contributed by atoms with Gasteiger partial charge in [-0.2, -0.15) is 43.9 Å². The first-order valence-electron chi connectivity index (χ1n) is 11.0. The van der Waals surface area contributed by atoms with E-state index in [9.17, 15) is 53.4 Å². The number of benzene rings is 3. The lowest BCUT2D eigenvalue weighted by Gasteiger charge is -2.30. The maximum Gasteiger partial charge on any atom is 0.460 e. The number of rotatable bonds is 9. The summed E-state index contributed by atoms with van der Waals surface area (Å²) in [5, 5.41) is 9.65. The number of hydrogen-bond acceptors (Lipinski definition) is 3. The van der Waals surface area contributed by atoms with E-state index in [-0.39, 0.29) is 22.7 Å². The predicted molar refractivity (Wildman–Crippen MR) is 125 cm³/mol. The van der Waals surface area contributed by atoms with Gasteiger partial charge < -0.3 is 14.7 Å². The topological polar surface area (TPSA) is 32.7 Å². The summed E-state index contributed by atoms with van der Waals surface area (Å²) < 4.78 is 153. The molecule has 0 aliphatic heterocycles. The molecular weight excluding hydrogens is 635 g/mol. The smallest absolute Gasteiger partial charge is 0.454 e. The summed E-state index contributed by atoms with van der Waals surface area (Å²) in [5.74, 6) is -13.3. The summed E-state index contributed by atoms with van der Waals surface area (Å²) in [6.07, 6.45) is -14.7. The molecule has 0 bridgehead atoms. The molecular formula is C25H17BrF11NO2. The van der Waals surface area contributed by atoms with Crippen LogP contribution in [0.4, 0.5) is 54.0 Å². The normalized spacial score (nSPS) is 13.7.